The second-order valence-electron chi connectivity index (χ2n) is 5.86. The van der Waals surface area contributed by atoms with Gasteiger partial charge in [-0.05, 0) is 39.0 Å². The summed E-state index contributed by atoms with van der Waals surface area (Å²) in [6, 6.07) is 0. The van der Waals surface area contributed by atoms with Gasteiger partial charge in [-0.3, -0.25) is 4.79 Å². The van der Waals surface area contributed by atoms with Gasteiger partial charge in [-0.1, -0.05) is 57.1 Å². The van der Waals surface area contributed by atoms with Gasteiger partial charge in [0, 0.05) is 0 Å². The lowest BCUT2D eigenvalue weighted by Gasteiger charge is -2.18. The zero-order chi connectivity index (χ0) is 14.6. The summed E-state index contributed by atoms with van der Waals surface area (Å²) < 4.78 is 5.24. The van der Waals surface area contributed by atoms with E-state index in [1.807, 2.05) is 6.92 Å². The Bertz CT molecular complexity index is 294. The topological polar surface area (TPSA) is 26.3 Å². The predicted octanol–water partition coefficient (Wildman–Crippen LogP) is 5.42. The maximum absolute atomic E-state index is 12.1. The van der Waals surface area contributed by atoms with Gasteiger partial charge in [0.15, 0.2) is 0 Å². The van der Waals surface area contributed by atoms with E-state index in [1.165, 1.54) is 56.9 Å². The summed E-state index contributed by atoms with van der Waals surface area (Å²) in [5, 5.41) is 0. The molecular formula is C18H32O2. The number of allylic oxidation sites excluding steroid dienone is 1. The Morgan fingerprint density at radius 3 is 2.25 bits per heavy atom. The molecule has 0 bridgehead atoms. The molecule has 1 rings (SSSR count). The monoisotopic (exact) mass is 280 g/mol. The van der Waals surface area contributed by atoms with Crippen LogP contribution in [0.5, 0.6) is 0 Å². The SMILES string of the molecule is CCOC(=O)C(CC)C1=CCCCCCCCCCC1. The summed E-state index contributed by atoms with van der Waals surface area (Å²) in [7, 11) is 0. The van der Waals surface area contributed by atoms with Crippen LogP contribution in [-0.2, 0) is 9.53 Å². The lowest BCUT2D eigenvalue weighted by Crippen LogP contribution is -2.19. The van der Waals surface area contributed by atoms with Gasteiger partial charge in [-0.25, -0.2) is 0 Å². The Morgan fingerprint density at radius 2 is 1.65 bits per heavy atom. The van der Waals surface area contributed by atoms with E-state index in [1.54, 1.807) is 0 Å². The van der Waals surface area contributed by atoms with Crippen LogP contribution in [0.2, 0.25) is 0 Å². The van der Waals surface area contributed by atoms with Crippen LogP contribution >= 0.6 is 0 Å². The predicted molar refractivity (Wildman–Crippen MR) is 84.7 cm³/mol. The van der Waals surface area contributed by atoms with Crippen molar-refractivity contribution in [1.82, 2.24) is 0 Å². The van der Waals surface area contributed by atoms with Crippen molar-refractivity contribution in [3.63, 3.8) is 0 Å². The van der Waals surface area contributed by atoms with E-state index in [-0.39, 0.29) is 11.9 Å². The molecule has 0 aromatic heterocycles. The molecule has 20 heavy (non-hydrogen) atoms. The molecule has 0 aliphatic heterocycles. The molecule has 116 valence electrons. The Balaban J connectivity index is 2.64. The average Bonchev–Trinajstić information content (AvgIpc) is 2.42. The van der Waals surface area contributed by atoms with Crippen LogP contribution in [0.3, 0.4) is 0 Å². The first-order chi connectivity index (χ1) is 9.79. The first-order valence-electron chi connectivity index (χ1n) is 8.65. The molecule has 0 saturated carbocycles. The van der Waals surface area contributed by atoms with Crippen molar-refractivity contribution < 1.29 is 9.53 Å². The zero-order valence-electron chi connectivity index (χ0n) is 13.5. The Hall–Kier alpha value is -0.790. The molecule has 1 aliphatic carbocycles. The van der Waals surface area contributed by atoms with E-state index >= 15 is 0 Å². The average molecular weight is 280 g/mol. The third kappa shape index (κ3) is 6.58. The fraction of sp³-hybridized carbons (Fsp3) is 0.833. The Labute approximate surface area is 125 Å². The molecule has 2 nitrogen and oxygen atoms in total. The standard InChI is InChI=1S/C18H32O2/c1-3-17(18(19)20-4-2)16-14-12-10-8-6-5-7-9-11-13-15-16/h14,17H,3-13,15H2,1-2H3. The van der Waals surface area contributed by atoms with Crippen molar-refractivity contribution in [3.8, 4) is 0 Å². The fourth-order valence-corrected chi connectivity index (χ4v) is 3.06. The van der Waals surface area contributed by atoms with E-state index in [4.69, 9.17) is 4.74 Å². The quantitative estimate of drug-likeness (QED) is 0.508. The van der Waals surface area contributed by atoms with Crippen LogP contribution in [0, 0.1) is 5.92 Å². The summed E-state index contributed by atoms with van der Waals surface area (Å²) >= 11 is 0. The summed E-state index contributed by atoms with van der Waals surface area (Å²) in [5.74, 6) is -0.0220. The highest BCUT2D eigenvalue weighted by atomic mass is 16.5. The smallest absolute Gasteiger partial charge is 0.313 e. The van der Waals surface area contributed by atoms with Crippen molar-refractivity contribution in [3.05, 3.63) is 11.6 Å². The minimum absolute atomic E-state index is 0.00195. The number of ether oxygens (including phenoxy) is 1. The number of carbonyl (C=O) groups is 1. The van der Waals surface area contributed by atoms with Crippen molar-refractivity contribution in [2.45, 2.75) is 84.5 Å². The molecule has 0 N–H and O–H groups in total. The molecule has 0 heterocycles. The summed E-state index contributed by atoms with van der Waals surface area (Å²) in [4.78, 5) is 12.1. The molecule has 0 amide bonds. The van der Waals surface area contributed by atoms with E-state index in [2.05, 4.69) is 13.0 Å². The Morgan fingerprint density at radius 1 is 1.05 bits per heavy atom. The minimum atomic E-state index is -0.0201. The van der Waals surface area contributed by atoms with Gasteiger partial charge in [0.1, 0.15) is 0 Å². The molecule has 0 radical (unpaired) electrons. The molecule has 2 heteroatoms. The van der Waals surface area contributed by atoms with E-state index in [9.17, 15) is 4.79 Å². The lowest BCUT2D eigenvalue weighted by molar-refractivity contribution is -0.146. The van der Waals surface area contributed by atoms with Gasteiger partial charge >= 0.3 is 5.97 Å². The number of hydrogen-bond acceptors (Lipinski definition) is 2. The van der Waals surface area contributed by atoms with Crippen LogP contribution < -0.4 is 0 Å². The molecule has 1 unspecified atom stereocenters. The van der Waals surface area contributed by atoms with Gasteiger partial charge in [-0.15, -0.1) is 0 Å². The van der Waals surface area contributed by atoms with Crippen molar-refractivity contribution in [2.75, 3.05) is 6.61 Å². The van der Waals surface area contributed by atoms with Crippen molar-refractivity contribution in [1.29, 1.82) is 0 Å². The third-order valence-corrected chi connectivity index (χ3v) is 4.25. The highest BCUT2D eigenvalue weighted by Crippen LogP contribution is 2.25. The second kappa shape index (κ2) is 10.9. The highest BCUT2D eigenvalue weighted by Gasteiger charge is 2.21. The van der Waals surface area contributed by atoms with Crippen LogP contribution in [0.1, 0.15) is 84.5 Å². The summed E-state index contributed by atoms with van der Waals surface area (Å²) in [6.45, 7) is 4.47. The molecule has 0 saturated heterocycles. The molecule has 0 aromatic rings. The van der Waals surface area contributed by atoms with Gasteiger partial charge in [0.05, 0.1) is 12.5 Å². The first-order valence-corrected chi connectivity index (χ1v) is 8.65. The second-order valence-corrected chi connectivity index (χ2v) is 5.86. The minimum Gasteiger partial charge on any atom is -0.466 e. The number of esters is 1. The van der Waals surface area contributed by atoms with Crippen molar-refractivity contribution in [2.24, 2.45) is 5.92 Å². The largest absolute Gasteiger partial charge is 0.466 e. The van der Waals surface area contributed by atoms with Gasteiger partial charge in [0.25, 0.3) is 0 Å². The number of carbonyl (C=O) groups excluding carboxylic acids is 1. The molecule has 0 aromatic carbocycles. The maximum Gasteiger partial charge on any atom is 0.313 e. The third-order valence-electron chi connectivity index (χ3n) is 4.25. The van der Waals surface area contributed by atoms with Crippen molar-refractivity contribution >= 4 is 5.97 Å². The lowest BCUT2D eigenvalue weighted by atomic mass is 9.90. The number of hydrogen-bond donors (Lipinski definition) is 0. The van der Waals surface area contributed by atoms with Crippen LogP contribution in [-0.4, -0.2) is 12.6 Å². The molecule has 1 aliphatic rings. The normalized spacial score (nSPS) is 20.2. The zero-order valence-corrected chi connectivity index (χ0v) is 13.5. The van der Waals surface area contributed by atoms with Gasteiger partial charge < -0.3 is 4.74 Å². The van der Waals surface area contributed by atoms with E-state index in [0.29, 0.717) is 6.61 Å². The van der Waals surface area contributed by atoms with E-state index < -0.39 is 0 Å². The Kier molecular flexibility index (Phi) is 9.44. The number of rotatable bonds is 4. The van der Waals surface area contributed by atoms with Crippen LogP contribution in [0.15, 0.2) is 11.6 Å². The summed E-state index contributed by atoms with van der Waals surface area (Å²) in [5.41, 5.74) is 1.34. The fourth-order valence-electron chi connectivity index (χ4n) is 3.06. The van der Waals surface area contributed by atoms with E-state index in [0.717, 1.165) is 19.3 Å². The molecular weight excluding hydrogens is 248 g/mol. The first kappa shape index (κ1) is 17.3. The highest BCUT2D eigenvalue weighted by molar-refractivity contribution is 5.75. The maximum atomic E-state index is 12.1. The van der Waals surface area contributed by atoms with Crippen LogP contribution in [0.25, 0.3) is 0 Å². The van der Waals surface area contributed by atoms with Gasteiger partial charge in [-0.2, -0.15) is 0 Å². The molecule has 1 atom stereocenters. The summed E-state index contributed by atoms with van der Waals surface area (Å²) in [6.07, 6.45) is 16.0. The van der Waals surface area contributed by atoms with Gasteiger partial charge in [0.2, 0.25) is 0 Å². The molecule has 0 fully saturated rings. The molecule has 0 spiro atoms. The van der Waals surface area contributed by atoms with Crippen LogP contribution in [0.4, 0.5) is 0 Å².